The molecule has 0 amide bonds. The smallest absolute Gasteiger partial charge is 0.356 e. The number of phenolic OH excluding ortho intramolecular Hbond substituents is 3. The molecular formula is C16H19O6P. The molecule has 124 valence electrons. The minimum Gasteiger partial charge on any atom is -0.508 e. The summed E-state index contributed by atoms with van der Waals surface area (Å²) in [7, 11) is -4.61. The van der Waals surface area contributed by atoms with Crippen molar-refractivity contribution in [1.29, 1.82) is 0 Å². The molecule has 2 aromatic carbocycles. The first-order valence-electron chi connectivity index (χ1n) is 7.08. The maximum atomic E-state index is 11.6. The van der Waals surface area contributed by atoms with Gasteiger partial charge in [0.2, 0.25) is 0 Å². The van der Waals surface area contributed by atoms with Crippen LogP contribution in [0.5, 0.6) is 17.2 Å². The lowest BCUT2D eigenvalue weighted by molar-refractivity contribution is 0.385. The molecule has 0 saturated carbocycles. The van der Waals surface area contributed by atoms with E-state index in [0.29, 0.717) is 6.42 Å². The number of rotatable bonds is 5. The number of phenols is 3. The van der Waals surface area contributed by atoms with Crippen molar-refractivity contribution in [1.82, 2.24) is 0 Å². The first-order chi connectivity index (χ1) is 10.7. The van der Waals surface area contributed by atoms with Crippen LogP contribution in [0.15, 0.2) is 36.4 Å². The summed E-state index contributed by atoms with van der Waals surface area (Å²) in [6.07, 6.45) is 0.734. The van der Waals surface area contributed by atoms with Gasteiger partial charge in [-0.15, -0.1) is 0 Å². The lowest BCUT2D eigenvalue weighted by Crippen LogP contribution is -2.12. The minimum absolute atomic E-state index is 0.0138. The topological polar surface area (TPSA) is 118 Å². The zero-order valence-corrected chi connectivity index (χ0v) is 13.4. The van der Waals surface area contributed by atoms with Crippen molar-refractivity contribution in [2.24, 2.45) is 0 Å². The highest BCUT2D eigenvalue weighted by Crippen LogP contribution is 2.39. The van der Waals surface area contributed by atoms with Gasteiger partial charge in [0.15, 0.2) is 0 Å². The highest BCUT2D eigenvalue weighted by Gasteiger charge is 2.25. The van der Waals surface area contributed by atoms with E-state index in [1.54, 1.807) is 18.2 Å². The molecule has 1 unspecified atom stereocenters. The van der Waals surface area contributed by atoms with E-state index in [1.165, 1.54) is 0 Å². The predicted molar refractivity (Wildman–Crippen MR) is 86.3 cm³/mol. The quantitative estimate of drug-likeness (QED) is 0.534. The van der Waals surface area contributed by atoms with Gasteiger partial charge in [-0.25, -0.2) is 0 Å². The van der Waals surface area contributed by atoms with Crippen molar-refractivity contribution in [3.8, 4) is 17.2 Å². The Kier molecular flexibility index (Phi) is 5.00. The van der Waals surface area contributed by atoms with E-state index in [4.69, 9.17) is 0 Å². The maximum absolute atomic E-state index is 11.6. The number of hydrogen-bond acceptors (Lipinski definition) is 4. The molecule has 0 spiro atoms. The van der Waals surface area contributed by atoms with Crippen LogP contribution in [0.2, 0.25) is 0 Å². The second-order valence-corrected chi connectivity index (χ2v) is 7.11. The summed E-state index contributed by atoms with van der Waals surface area (Å²) in [5.74, 6) is -0.574. The van der Waals surface area contributed by atoms with Gasteiger partial charge in [-0.2, -0.15) is 0 Å². The third kappa shape index (κ3) is 4.26. The molecule has 0 saturated heterocycles. The molecule has 2 rings (SSSR count). The standard InChI is InChI=1S/C16H19O6P/c1-10(11-3-2-4-12(17)7-11)5-6-14-15(19)8-13(18)9-16(14)23(20,21)22/h2-4,7-10,17-19H,5-6H2,1H3,(H2,20,21,22). The normalized spacial score (nSPS) is 13.0. The van der Waals surface area contributed by atoms with Gasteiger partial charge in [0.25, 0.3) is 0 Å². The summed E-state index contributed by atoms with van der Waals surface area (Å²) in [6.45, 7) is 1.92. The molecule has 0 aromatic heterocycles. The van der Waals surface area contributed by atoms with Gasteiger partial charge < -0.3 is 25.1 Å². The van der Waals surface area contributed by atoms with Crippen LogP contribution in [0.25, 0.3) is 0 Å². The first kappa shape index (κ1) is 17.3. The molecule has 0 heterocycles. The molecule has 5 N–H and O–H groups in total. The predicted octanol–water partition coefficient (Wildman–Crippen LogP) is 2.34. The zero-order chi connectivity index (χ0) is 17.2. The second kappa shape index (κ2) is 6.62. The molecule has 2 aromatic rings. The summed E-state index contributed by atoms with van der Waals surface area (Å²) >= 11 is 0. The van der Waals surface area contributed by atoms with Crippen LogP contribution in [0.4, 0.5) is 0 Å². The Morgan fingerprint density at radius 2 is 1.74 bits per heavy atom. The van der Waals surface area contributed by atoms with Gasteiger partial charge >= 0.3 is 7.60 Å². The van der Waals surface area contributed by atoms with Gasteiger partial charge in [0.1, 0.15) is 17.2 Å². The summed E-state index contributed by atoms with van der Waals surface area (Å²) in [4.78, 5) is 18.8. The van der Waals surface area contributed by atoms with Crippen LogP contribution < -0.4 is 5.30 Å². The number of benzene rings is 2. The van der Waals surface area contributed by atoms with E-state index < -0.39 is 13.3 Å². The number of hydrogen-bond donors (Lipinski definition) is 5. The molecule has 0 aliphatic rings. The second-order valence-electron chi connectivity index (χ2n) is 5.54. The van der Waals surface area contributed by atoms with E-state index in [1.807, 2.05) is 13.0 Å². The van der Waals surface area contributed by atoms with E-state index in [0.717, 1.165) is 17.7 Å². The van der Waals surface area contributed by atoms with E-state index in [2.05, 4.69) is 0 Å². The van der Waals surface area contributed by atoms with Crippen molar-refractivity contribution in [2.45, 2.75) is 25.7 Å². The Morgan fingerprint density at radius 3 is 2.35 bits per heavy atom. The van der Waals surface area contributed by atoms with E-state index in [9.17, 15) is 29.7 Å². The fourth-order valence-corrected chi connectivity index (χ4v) is 3.38. The molecular weight excluding hydrogens is 319 g/mol. The van der Waals surface area contributed by atoms with Crippen molar-refractivity contribution in [2.75, 3.05) is 0 Å². The summed E-state index contributed by atoms with van der Waals surface area (Å²) in [5.41, 5.74) is 1.02. The average molecular weight is 338 g/mol. The fraction of sp³-hybridized carbons (Fsp3) is 0.250. The van der Waals surface area contributed by atoms with Gasteiger partial charge in [-0.3, -0.25) is 4.57 Å². The molecule has 23 heavy (non-hydrogen) atoms. The van der Waals surface area contributed by atoms with Crippen molar-refractivity contribution in [3.63, 3.8) is 0 Å². The molecule has 0 aliphatic carbocycles. The van der Waals surface area contributed by atoms with Crippen molar-refractivity contribution < 1.29 is 29.7 Å². The fourth-order valence-electron chi connectivity index (χ4n) is 2.50. The SMILES string of the molecule is CC(CCc1c(O)cc(O)cc1P(=O)(O)O)c1cccc(O)c1. The van der Waals surface area contributed by atoms with Crippen LogP contribution >= 0.6 is 7.60 Å². The molecule has 0 bridgehead atoms. The Balaban J connectivity index is 2.25. The van der Waals surface area contributed by atoms with Crippen LogP contribution in [0.3, 0.4) is 0 Å². The molecule has 7 heteroatoms. The summed E-state index contributed by atoms with van der Waals surface area (Å²) in [6, 6.07) is 8.81. The lowest BCUT2D eigenvalue weighted by Gasteiger charge is -2.16. The lowest BCUT2D eigenvalue weighted by atomic mass is 9.93. The van der Waals surface area contributed by atoms with Crippen LogP contribution in [0.1, 0.15) is 30.4 Å². The monoisotopic (exact) mass is 338 g/mol. The molecule has 0 aliphatic heterocycles. The largest absolute Gasteiger partial charge is 0.508 e. The van der Waals surface area contributed by atoms with E-state index in [-0.39, 0.29) is 34.7 Å². The Morgan fingerprint density at radius 1 is 1.04 bits per heavy atom. The maximum Gasteiger partial charge on any atom is 0.356 e. The van der Waals surface area contributed by atoms with Gasteiger partial charge in [0, 0.05) is 11.6 Å². The molecule has 1 atom stereocenters. The number of aromatic hydroxyl groups is 3. The van der Waals surface area contributed by atoms with Crippen molar-refractivity contribution >= 4 is 12.9 Å². The zero-order valence-electron chi connectivity index (χ0n) is 12.5. The average Bonchev–Trinajstić information content (AvgIpc) is 2.44. The Labute approximate surface area is 133 Å². The minimum atomic E-state index is -4.61. The molecule has 0 fully saturated rings. The molecule has 6 nitrogen and oxygen atoms in total. The van der Waals surface area contributed by atoms with Gasteiger partial charge in [-0.1, -0.05) is 19.1 Å². The van der Waals surface area contributed by atoms with Gasteiger partial charge in [0.05, 0.1) is 5.30 Å². The van der Waals surface area contributed by atoms with Crippen LogP contribution in [-0.2, 0) is 11.0 Å². The highest BCUT2D eigenvalue weighted by atomic mass is 31.2. The van der Waals surface area contributed by atoms with Crippen LogP contribution in [0, 0.1) is 0 Å². The Bertz CT molecular complexity index is 752. The van der Waals surface area contributed by atoms with Gasteiger partial charge in [-0.05, 0) is 42.5 Å². The third-order valence-electron chi connectivity index (χ3n) is 3.77. The van der Waals surface area contributed by atoms with E-state index >= 15 is 0 Å². The highest BCUT2D eigenvalue weighted by molar-refractivity contribution is 7.60. The summed E-state index contributed by atoms with van der Waals surface area (Å²) in [5, 5.41) is 28.5. The molecule has 0 radical (unpaired) electrons. The summed E-state index contributed by atoms with van der Waals surface area (Å²) < 4.78 is 11.6. The van der Waals surface area contributed by atoms with Crippen LogP contribution in [-0.4, -0.2) is 25.1 Å². The first-order valence-corrected chi connectivity index (χ1v) is 8.69. The van der Waals surface area contributed by atoms with Crippen molar-refractivity contribution in [3.05, 3.63) is 47.5 Å². The Hall–Kier alpha value is -2.01. The third-order valence-corrected chi connectivity index (χ3v) is 4.79.